The minimum atomic E-state index is -0.521. The van der Waals surface area contributed by atoms with Crippen LogP contribution in [0.3, 0.4) is 0 Å². The molecule has 9 heteroatoms. The number of aromatic nitrogens is 3. The number of thiazole rings is 1. The molecule has 0 aliphatic rings. The van der Waals surface area contributed by atoms with Gasteiger partial charge in [0.15, 0.2) is 4.80 Å². The zero-order chi connectivity index (χ0) is 17.1. The summed E-state index contributed by atoms with van der Waals surface area (Å²) in [5, 5.41) is 0. The minimum Gasteiger partial charge on any atom is -0.468 e. The Morgan fingerprint density at radius 3 is 2.92 bits per heavy atom. The number of hydrogen-bond donors (Lipinski definition) is 0. The molecule has 3 aromatic rings. The highest BCUT2D eigenvalue weighted by Gasteiger charge is 2.13. The van der Waals surface area contributed by atoms with Crippen LogP contribution in [0.4, 0.5) is 0 Å². The van der Waals surface area contributed by atoms with Crippen LogP contribution >= 0.6 is 27.3 Å². The van der Waals surface area contributed by atoms with Gasteiger partial charge in [0.2, 0.25) is 0 Å². The molecular weight excluding hydrogens is 396 g/mol. The zero-order valence-electron chi connectivity index (χ0n) is 12.5. The second kappa shape index (κ2) is 7.02. The first kappa shape index (κ1) is 16.5. The van der Waals surface area contributed by atoms with E-state index in [9.17, 15) is 9.59 Å². The lowest BCUT2D eigenvalue weighted by atomic mass is 10.3. The maximum absolute atomic E-state index is 12.3. The topological polar surface area (TPSA) is 86.4 Å². The van der Waals surface area contributed by atoms with Crippen LogP contribution in [0.1, 0.15) is 10.5 Å². The summed E-state index contributed by atoms with van der Waals surface area (Å²) in [4.78, 5) is 36.3. The number of methoxy groups -OCH3 is 1. The molecule has 24 heavy (non-hydrogen) atoms. The van der Waals surface area contributed by atoms with E-state index >= 15 is 0 Å². The largest absolute Gasteiger partial charge is 0.468 e. The number of carbonyl (C=O) groups is 2. The monoisotopic (exact) mass is 406 g/mol. The van der Waals surface area contributed by atoms with Gasteiger partial charge < -0.3 is 9.30 Å². The molecular formula is C15H11BrN4O3S. The average Bonchev–Trinajstić information content (AvgIpc) is 2.91. The molecule has 0 saturated carbocycles. The highest BCUT2D eigenvalue weighted by molar-refractivity contribution is 9.10. The first-order valence-electron chi connectivity index (χ1n) is 6.79. The summed E-state index contributed by atoms with van der Waals surface area (Å²) in [6.45, 7) is -0.0370. The van der Waals surface area contributed by atoms with E-state index in [0.717, 1.165) is 14.7 Å². The van der Waals surface area contributed by atoms with Gasteiger partial charge in [-0.25, -0.2) is 4.98 Å². The molecule has 0 atom stereocenters. The third kappa shape index (κ3) is 3.41. The molecule has 0 N–H and O–H groups in total. The van der Waals surface area contributed by atoms with E-state index in [2.05, 4.69) is 30.9 Å². The lowest BCUT2D eigenvalue weighted by Gasteiger charge is -2.03. The Labute approximate surface area is 148 Å². The Balaban J connectivity index is 2.15. The number of carbonyl (C=O) groups excluding carboxylic acids is 2. The number of hydrogen-bond acceptors (Lipinski definition) is 6. The summed E-state index contributed by atoms with van der Waals surface area (Å²) >= 11 is 4.71. The molecule has 0 aliphatic heterocycles. The Bertz CT molecular complexity index is 981. The van der Waals surface area contributed by atoms with Crippen LogP contribution in [-0.2, 0) is 16.1 Å². The van der Waals surface area contributed by atoms with E-state index in [1.807, 2.05) is 18.2 Å². The maximum Gasteiger partial charge on any atom is 0.325 e. The molecule has 0 radical (unpaired) electrons. The number of nitrogens with zero attached hydrogens (tertiary/aromatic N) is 4. The van der Waals surface area contributed by atoms with Crippen LogP contribution in [-0.4, -0.2) is 33.5 Å². The molecule has 2 heterocycles. The maximum atomic E-state index is 12.3. The van der Waals surface area contributed by atoms with E-state index in [1.54, 1.807) is 4.57 Å². The molecule has 7 nitrogen and oxygen atoms in total. The van der Waals surface area contributed by atoms with Crippen molar-refractivity contribution in [2.75, 3.05) is 7.11 Å². The second-order valence-electron chi connectivity index (χ2n) is 4.67. The molecule has 0 aliphatic carbocycles. The minimum absolute atomic E-state index is 0.0370. The van der Waals surface area contributed by atoms with E-state index in [-0.39, 0.29) is 12.2 Å². The number of esters is 1. The van der Waals surface area contributed by atoms with Crippen molar-refractivity contribution in [2.45, 2.75) is 6.54 Å². The molecule has 3 rings (SSSR count). The lowest BCUT2D eigenvalue weighted by molar-refractivity contribution is -0.141. The average molecular weight is 407 g/mol. The van der Waals surface area contributed by atoms with Crippen molar-refractivity contribution < 1.29 is 14.3 Å². The highest BCUT2D eigenvalue weighted by atomic mass is 79.9. The summed E-state index contributed by atoms with van der Waals surface area (Å²) in [6.07, 6.45) is 4.25. The Morgan fingerprint density at radius 2 is 2.21 bits per heavy atom. The van der Waals surface area contributed by atoms with Gasteiger partial charge in [-0.2, -0.15) is 4.99 Å². The van der Waals surface area contributed by atoms with Gasteiger partial charge in [-0.15, -0.1) is 0 Å². The summed E-state index contributed by atoms with van der Waals surface area (Å²) in [5.41, 5.74) is 0.931. The quantitative estimate of drug-likeness (QED) is 0.622. The Hall–Kier alpha value is -2.39. The summed E-state index contributed by atoms with van der Waals surface area (Å²) in [6, 6.07) is 5.61. The van der Waals surface area contributed by atoms with Crippen LogP contribution in [0.2, 0.25) is 0 Å². The SMILES string of the molecule is COC(=O)Cn1c(=NC(=O)c2cnccn2)sc2cc(Br)ccc21. The van der Waals surface area contributed by atoms with E-state index in [1.165, 1.54) is 37.0 Å². The van der Waals surface area contributed by atoms with E-state index in [0.29, 0.717) is 4.80 Å². The van der Waals surface area contributed by atoms with Crippen molar-refractivity contribution in [1.82, 2.24) is 14.5 Å². The fraction of sp³-hybridized carbons (Fsp3) is 0.133. The van der Waals surface area contributed by atoms with E-state index in [4.69, 9.17) is 4.74 Å². The van der Waals surface area contributed by atoms with E-state index < -0.39 is 11.9 Å². The standard InChI is InChI=1S/C15H11BrN4O3S/c1-23-13(21)8-20-11-3-2-9(16)6-12(11)24-15(20)19-14(22)10-7-17-4-5-18-10/h2-7H,8H2,1H3. The van der Waals surface area contributed by atoms with Crippen LogP contribution in [0.25, 0.3) is 10.2 Å². The van der Waals surface area contributed by atoms with Crippen LogP contribution < -0.4 is 4.80 Å². The van der Waals surface area contributed by atoms with Gasteiger partial charge in [0, 0.05) is 16.9 Å². The van der Waals surface area contributed by atoms with Gasteiger partial charge in [0.25, 0.3) is 5.91 Å². The van der Waals surface area contributed by atoms with Crippen LogP contribution in [0.5, 0.6) is 0 Å². The Kier molecular flexibility index (Phi) is 4.81. The van der Waals surface area contributed by atoms with Crippen LogP contribution in [0, 0.1) is 0 Å². The molecule has 0 bridgehead atoms. The number of ether oxygens (including phenoxy) is 1. The number of rotatable bonds is 3. The van der Waals surface area contributed by atoms with Crippen molar-refractivity contribution in [3.8, 4) is 0 Å². The predicted molar refractivity (Wildman–Crippen MR) is 91.5 cm³/mol. The summed E-state index contributed by atoms with van der Waals surface area (Å²) < 4.78 is 8.16. The molecule has 1 aromatic carbocycles. The van der Waals surface area contributed by atoms with Gasteiger partial charge in [0.1, 0.15) is 12.2 Å². The van der Waals surface area contributed by atoms with Gasteiger partial charge in [-0.05, 0) is 18.2 Å². The molecule has 0 saturated heterocycles. The van der Waals surface area contributed by atoms with Crippen LogP contribution in [0.15, 0.2) is 46.3 Å². The van der Waals surface area contributed by atoms with Gasteiger partial charge >= 0.3 is 5.97 Å². The molecule has 1 amide bonds. The van der Waals surface area contributed by atoms with Crippen molar-refractivity contribution in [2.24, 2.45) is 4.99 Å². The molecule has 2 aromatic heterocycles. The first-order chi connectivity index (χ1) is 11.6. The first-order valence-corrected chi connectivity index (χ1v) is 8.40. The third-order valence-corrected chi connectivity index (χ3v) is 4.67. The number of benzene rings is 1. The van der Waals surface area contributed by atoms with Crippen molar-refractivity contribution in [3.63, 3.8) is 0 Å². The second-order valence-corrected chi connectivity index (χ2v) is 6.59. The fourth-order valence-electron chi connectivity index (χ4n) is 2.03. The number of halogens is 1. The highest BCUT2D eigenvalue weighted by Crippen LogP contribution is 2.22. The fourth-order valence-corrected chi connectivity index (χ4v) is 3.61. The number of amides is 1. The molecule has 122 valence electrons. The third-order valence-electron chi connectivity index (χ3n) is 3.14. The zero-order valence-corrected chi connectivity index (χ0v) is 14.9. The van der Waals surface area contributed by atoms with Gasteiger partial charge in [-0.1, -0.05) is 27.3 Å². The molecule has 0 fully saturated rings. The van der Waals surface area contributed by atoms with Gasteiger partial charge in [0.05, 0.1) is 23.5 Å². The van der Waals surface area contributed by atoms with Crippen molar-refractivity contribution in [1.29, 1.82) is 0 Å². The normalized spacial score (nSPS) is 11.7. The summed E-state index contributed by atoms with van der Waals surface area (Å²) in [7, 11) is 1.32. The van der Waals surface area contributed by atoms with Crippen molar-refractivity contribution >= 4 is 49.4 Å². The lowest BCUT2D eigenvalue weighted by Crippen LogP contribution is -2.22. The van der Waals surface area contributed by atoms with Crippen molar-refractivity contribution in [3.05, 3.63) is 51.8 Å². The molecule has 0 unspecified atom stereocenters. The number of fused-ring (bicyclic) bond motifs is 1. The predicted octanol–water partition coefficient (Wildman–Crippen LogP) is 2.17. The van der Waals surface area contributed by atoms with Gasteiger partial charge in [-0.3, -0.25) is 14.6 Å². The molecule has 0 spiro atoms. The smallest absolute Gasteiger partial charge is 0.325 e. The summed E-state index contributed by atoms with van der Waals surface area (Å²) in [5.74, 6) is -0.946. The Morgan fingerprint density at radius 1 is 1.38 bits per heavy atom.